The number of rotatable bonds is 5. The third-order valence-corrected chi connectivity index (χ3v) is 2.98. The van der Waals surface area contributed by atoms with Crippen LogP contribution in [-0.2, 0) is 0 Å². The van der Waals surface area contributed by atoms with Crippen molar-refractivity contribution >= 4 is 23.3 Å². The van der Waals surface area contributed by atoms with Crippen LogP contribution in [0.1, 0.15) is 31.1 Å². The molecule has 21 heavy (non-hydrogen) atoms. The first-order chi connectivity index (χ1) is 9.65. The normalized spacial score (nSPS) is 11.6. The second kappa shape index (κ2) is 6.98. The zero-order valence-corrected chi connectivity index (χ0v) is 12.7. The van der Waals surface area contributed by atoms with Gasteiger partial charge in [0.2, 0.25) is 0 Å². The summed E-state index contributed by atoms with van der Waals surface area (Å²) in [5, 5.41) is 2.91. The SMILES string of the molecule is CCNc1cc(C(=O)N(CC(F)(F)F)C(C)C)c(Cl)cn1. The molecule has 0 radical (unpaired) electrons. The highest BCUT2D eigenvalue weighted by Gasteiger charge is 2.35. The van der Waals surface area contributed by atoms with Crippen LogP contribution in [0.15, 0.2) is 12.3 Å². The Kier molecular flexibility index (Phi) is 5.83. The van der Waals surface area contributed by atoms with E-state index in [1.54, 1.807) is 0 Å². The monoisotopic (exact) mass is 323 g/mol. The Morgan fingerprint density at radius 3 is 2.57 bits per heavy atom. The lowest BCUT2D eigenvalue weighted by Crippen LogP contribution is -2.43. The largest absolute Gasteiger partial charge is 0.406 e. The molecule has 1 amide bonds. The molecule has 0 spiro atoms. The molecule has 0 saturated heterocycles. The van der Waals surface area contributed by atoms with E-state index in [2.05, 4.69) is 10.3 Å². The van der Waals surface area contributed by atoms with E-state index in [1.807, 2.05) is 6.92 Å². The summed E-state index contributed by atoms with van der Waals surface area (Å²) in [5.41, 5.74) is 0.000525. The van der Waals surface area contributed by atoms with Crippen molar-refractivity contribution in [3.8, 4) is 0 Å². The Bertz CT molecular complexity index is 506. The van der Waals surface area contributed by atoms with Gasteiger partial charge in [0.15, 0.2) is 0 Å². The van der Waals surface area contributed by atoms with Gasteiger partial charge < -0.3 is 10.2 Å². The van der Waals surface area contributed by atoms with Gasteiger partial charge in [-0.2, -0.15) is 13.2 Å². The Labute approximate surface area is 126 Å². The molecule has 1 aromatic rings. The van der Waals surface area contributed by atoms with Gasteiger partial charge >= 0.3 is 6.18 Å². The maximum Gasteiger partial charge on any atom is 0.406 e. The summed E-state index contributed by atoms with van der Waals surface area (Å²) in [5.74, 6) is -0.380. The molecule has 1 N–H and O–H groups in total. The Balaban J connectivity index is 3.11. The van der Waals surface area contributed by atoms with Crippen LogP contribution in [0.5, 0.6) is 0 Å². The summed E-state index contributed by atoms with van der Waals surface area (Å²) in [6.07, 6.45) is -3.22. The first-order valence-corrected chi connectivity index (χ1v) is 6.80. The Morgan fingerprint density at radius 2 is 2.10 bits per heavy atom. The van der Waals surface area contributed by atoms with Gasteiger partial charge in [0.1, 0.15) is 12.4 Å². The smallest absolute Gasteiger partial charge is 0.370 e. The van der Waals surface area contributed by atoms with E-state index in [1.165, 1.54) is 26.1 Å². The molecule has 0 aliphatic heterocycles. The first-order valence-electron chi connectivity index (χ1n) is 6.42. The number of anilines is 1. The number of nitrogens with one attached hydrogen (secondary N) is 1. The average Bonchev–Trinajstić information content (AvgIpc) is 2.36. The lowest BCUT2D eigenvalue weighted by atomic mass is 10.2. The van der Waals surface area contributed by atoms with Gasteiger partial charge in [-0.25, -0.2) is 4.98 Å². The number of halogens is 4. The summed E-state index contributed by atoms with van der Waals surface area (Å²) in [4.78, 5) is 17.0. The number of pyridine rings is 1. The molecule has 8 heteroatoms. The van der Waals surface area contributed by atoms with Gasteiger partial charge in [-0.05, 0) is 26.8 Å². The van der Waals surface area contributed by atoms with Crippen LogP contribution in [0.3, 0.4) is 0 Å². The van der Waals surface area contributed by atoms with Crippen molar-refractivity contribution in [2.45, 2.75) is 33.0 Å². The van der Waals surface area contributed by atoms with Gasteiger partial charge in [-0.3, -0.25) is 4.79 Å². The van der Waals surface area contributed by atoms with E-state index < -0.39 is 24.7 Å². The highest BCUT2D eigenvalue weighted by Crippen LogP contribution is 2.24. The first kappa shape index (κ1) is 17.6. The van der Waals surface area contributed by atoms with Crippen LogP contribution in [0.2, 0.25) is 5.02 Å². The number of amides is 1. The highest BCUT2D eigenvalue weighted by molar-refractivity contribution is 6.33. The van der Waals surface area contributed by atoms with Gasteiger partial charge in [0.05, 0.1) is 10.6 Å². The number of carbonyl (C=O) groups excluding carboxylic acids is 1. The Hall–Kier alpha value is -1.50. The van der Waals surface area contributed by atoms with Crippen molar-refractivity contribution in [3.63, 3.8) is 0 Å². The van der Waals surface area contributed by atoms with E-state index in [4.69, 9.17) is 11.6 Å². The second-order valence-electron chi connectivity index (χ2n) is 4.72. The third-order valence-electron chi connectivity index (χ3n) is 2.68. The molecule has 0 bridgehead atoms. The minimum atomic E-state index is -4.47. The molecular weight excluding hydrogens is 307 g/mol. The van der Waals surface area contributed by atoms with E-state index in [0.717, 1.165) is 4.90 Å². The number of hydrogen-bond acceptors (Lipinski definition) is 3. The van der Waals surface area contributed by atoms with Gasteiger partial charge in [-0.15, -0.1) is 0 Å². The molecule has 1 heterocycles. The molecule has 0 aliphatic rings. The zero-order chi connectivity index (χ0) is 16.2. The molecule has 0 fully saturated rings. The van der Waals surface area contributed by atoms with Gasteiger partial charge in [0, 0.05) is 18.8 Å². The molecule has 1 rings (SSSR count). The van der Waals surface area contributed by atoms with Gasteiger partial charge in [0.25, 0.3) is 5.91 Å². The number of alkyl halides is 3. The highest BCUT2D eigenvalue weighted by atomic mass is 35.5. The molecule has 0 aromatic carbocycles. The quantitative estimate of drug-likeness (QED) is 0.901. The van der Waals surface area contributed by atoms with Crippen LogP contribution in [0, 0.1) is 0 Å². The van der Waals surface area contributed by atoms with Crippen LogP contribution in [0.25, 0.3) is 0 Å². The van der Waals surface area contributed by atoms with E-state index in [9.17, 15) is 18.0 Å². The van der Waals surface area contributed by atoms with E-state index in [0.29, 0.717) is 12.4 Å². The number of nitrogens with zero attached hydrogens (tertiary/aromatic N) is 2. The summed E-state index contributed by atoms with van der Waals surface area (Å²) < 4.78 is 37.8. The molecule has 0 atom stereocenters. The number of hydrogen-bond donors (Lipinski definition) is 1. The minimum absolute atomic E-state index is 0.000525. The van der Waals surface area contributed by atoms with E-state index in [-0.39, 0.29) is 10.6 Å². The minimum Gasteiger partial charge on any atom is -0.370 e. The summed E-state index contributed by atoms with van der Waals surface area (Å²) in [6.45, 7) is 4.12. The average molecular weight is 324 g/mol. The molecule has 118 valence electrons. The van der Waals surface area contributed by atoms with Crippen LogP contribution < -0.4 is 5.32 Å². The fourth-order valence-electron chi connectivity index (χ4n) is 1.72. The van der Waals surface area contributed by atoms with Crippen molar-refractivity contribution in [1.29, 1.82) is 0 Å². The fourth-order valence-corrected chi connectivity index (χ4v) is 1.90. The van der Waals surface area contributed by atoms with Crippen molar-refractivity contribution < 1.29 is 18.0 Å². The van der Waals surface area contributed by atoms with Crippen molar-refractivity contribution in [2.75, 3.05) is 18.4 Å². The standard InChI is InChI=1S/C13H17ClF3N3O/c1-4-18-11-5-9(10(14)6-19-11)12(21)20(8(2)3)7-13(15,16)17/h5-6,8H,4,7H2,1-3H3,(H,18,19). The predicted octanol–water partition coefficient (Wildman–Crippen LogP) is 3.58. The molecular formula is C13H17ClF3N3O. The van der Waals surface area contributed by atoms with Crippen LogP contribution in [-0.4, -0.2) is 41.1 Å². The molecule has 1 aromatic heterocycles. The molecule has 0 unspecified atom stereocenters. The maximum absolute atomic E-state index is 12.6. The summed E-state index contributed by atoms with van der Waals surface area (Å²) >= 11 is 5.89. The number of aromatic nitrogens is 1. The molecule has 4 nitrogen and oxygen atoms in total. The molecule has 0 aliphatic carbocycles. The number of carbonyl (C=O) groups is 1. The van der Waals surface area contributed by atoms with Gasteiger partial charge in [-0.1, -0.05) is 11.6 Å². The lowest BCUT2D eigenvalue weighted by Gasteiger charge is -2.28. The third kappa shape index (κ3) is 5.08. The van der Waals surface area contributed by atoms with Crippen molar-refractivity contribution in [3.05, 3.63) is 22.8 Å². The van der Waals surface area contributed by atoms with Crippen LogP contribution >= 0.6 is 11.6 Å². The van der Waals surface area contributed by atoms with E-state index >= 15 is 0 Å². The van der Waals surface area contributed by atoms with Crippen molar-refractivity contribution in [1.82, 2.24) is 9.88 Å². The summed E-state index contributed by atoms with van der Waals surface area (Å²) in [6, 6.07) is 0.755. The zero-order valence-electron chi connectivity index (χ0n) is 12.0. The van der Waals surface area contributed by atoms with Crippen molar-refractivity contribution in [2.24, 2.45) is 0 Å². The maximum atomic E-state index is 12.6. The fraction of sp³-hybridized carbons (Fsp3) is 0.538. The Morgan fingerprint density at radius 1 is 1.48 bits per heavy atom. The lowest BCUT2D eigenvalue weighted by molar-refractivity contribution is -0.143. The van der Waals surface area contributed by atoms with Crippen LogP contribution in [0.4, 0.5) is 19.0 Å². The predicted molar refractivity (Wildman–Crippen MR) is 75.6 cm³/mol. The second-order valence-corrected chi connectivity index (χ2v) is 5.13. The molecule has 0 saturated carbocycles. The topological polar surface area (TPSA) is 45.2 Å². The summed E-state index contributed by atoms with van der Waals surface area (Å²) in [7, 11) is 0.